The van der Waals surface area contributed by atoms with Gasteiger partial charge in [0.2, 0.25) is 5.91 Å². The molecule has 0 aliphatic carbocycles. The van der Waals surface area contributed by atoms with Crippen molar-refractivity contribution in [3.05, 3.63) is 60.1 Å². The number of rotatable bonds is 4. The number of carbonyl (C=O) groups is 2. The van der Waals surface area contributed by atoms with Gasteiger partial charge in [-0.05, 0) is 29.8 Å². The van der Waals surface area contributed by atoms with Crippen LogP contribution in [0.4, 0.5) is 5.82 Å². The van der Waals surface area contributed by atoms with E-state index in [1.807, 2.05) is 0 Å². The molecule has 0 aliphatic rings. The van der Waals surface area contributed by atoms with E-state index in [0.29, 0.717) is 0 Å². The van der Waals surface area contributed by atoms with Gasteiger partial charge < -0.3 is 10.4 Å². The lowest BCUT2D eigenvalue weighted by atomic mass is 10.2. The Morgan fingerprint density at radius 1 is 1.20 bits per heavy atom. The average Bonchev–Trinajstić information content (AvgIpc) is 2.46. The summed E-state index contributed by atoms with van der Waals surface area (Å²) in [6.07, 6.45) is 6.18. The van der Waals surface area contributed by atoms with Crippen molar-refractivity contribution < 1.29 is 14.7 Å². The summed E-state index contributed by atoms with van der Waals surface area (Å²) in [5, 5.41) is 11.3. The van der Waals surface area contributed by atoms with Crippen LogP contribution >= 0.6 is 0 Å². The van der Waals surface area contributed by atoms with Gasteiger partial charge in [0.05, 0.1) is 0 Å². The molecule has 0 aliphatic heterocycles. The van der Waals surface area contributed by atoms with Crippen molar-refractivity contribution in [2.45, 2.75) is 0 Å². The Hall–Kier alpha value is -3.02. The number of hydrogen-bond donors (Lipinski definition) is 2. The van der Waals surface area contributed by atoms with E-state index in [1.54, 1.807) is 30.6 Å². The second-order valence-corrected chi connectivity index (χ2v) is 3.82. The summed E-state index contributed by atoms with van der Waals surface area (Å²) in [6, 6.07) is 7.94. The first-order chi connectivity index (χ1) is 9.65. The molecule has 0 spiro atoms. The predicted octanol–water partition coefficient (Wildman–Crippen LogP) is 1.83. The zero-order valence-corrected chi connectivity index (χ0v) is 10.4. The van der Waals surface area contributed by atoms with Crippen molar-refractivity contribution in [1.82, 2.24) is 9.97 Å². The van der Waals surface area contributed by atoms with Gasteiger partial charge in [0.15, 0.2) is 5.69 Å². The highest BCUT2D eigenvalue weighted by atomic mass is 16.4. The van der Waals surface area contributed by atoms with Gasteiger partial charge in [0, 0.05) is 18.5 Å². The molecule has 2 aromatic heterocycles. The maximum absolute atomic E-state index is 11.7. The van der Waals surface area contributed by atoms with Crippen LogP contribution in [0.25, 0.3) is 6.08 Å². The van der Waals surface area contributed by atoms with E-state index in [9.17, 15) is 9.59 Å². The number of carboxylic acids is 1. The second kappa shape index (κ2) is 6.24. The van der Waals surface area contributed by atoms with Gasteiger partial charge in [0.25, 0.3) is 0 Å². The molecule has 2 N–H and O–H groups in total. The van der Waals surface area contributed by atoms with Crippen LogP contribution in [0.5, 0.6) is 0 Å². The molecule has 0 saturated carbocycles. The summed E-state index contributed by atoms with van der Waals surface area (Å²) in [5.74, 6) is -1.36. The van der Waals surface area contributed by atoms with E-state index in [1.165, 1.54) is 24.3 Å². The van der Waals surface area contributed by atoms with E-state index in [0.717, 1.165) is 5.56 Å². The Morgan fingerprint density at radius 3 is 2.75 bits per heavy atom. The molecule has 2 heterocycles. The Bertz CT molecular complexity index is 654. The predicted molar refractivity (Wildman–Crippen MR) is 73.1 cm³/mol. The maximum Gasteiger partial charge on any atom is 0.354 e. The van der Waals surface area contributed by atoms with Gasteiger partial charge in [0.1, 0.15) is 5.82 Å². The lowest BCUT2D eigenvalue weighted by Crippen LogP contribution is -2.11. The van der Waals surface area contributed by atoms with E-state index < -0.39 is 11.9 Å². The minimum Gasteiger partial charge on any atom is -0.477 e. The summed E-state index contributed by atoms with van der Waals surface area (Å²) in [5.41, 5.74) is 0.661. The van der Waals surface area contributed by atoms with Crippen molar-refractivity contribution in [2.24, 2.45) is 0 Å². The number of hydrogen-bond acceptors (Lipinski definition) is 4. The normalized spacial score (nSPS) is 10.4. The lowest BCUT2D eigenvalue weighted by Gasteiger charge is -2.01. The van der Waals surface area contributed by atoms with Gasteiger partial charge >= 0.3 is 5.97 Å². The van der Waals surface area contributed by atoms with E-state index in [2.05, 4.69) is 15.3 Å². The monoisotopic (exact) mass is 269 g/mol. The summed E-state index contributed by atoms with van der Waals surface area (Å²) in [4.78, 5) is 30.1. The van der Waals surface area contributed by atoms with Crippen LogP contribution in [0.2, 0.25) is 0 Å². The number of amides is 1. The fourth-order valence-corrected chi connectivity index (χ4v) is 1.44. The SMILES string of the molecule is O=C(C=Cc1cccnc1)Nc1cccc(C(=O)O)n1. The maximum atomic E-state index is 11.7. The molecule has 1 amide bonds. The Balaban J connectivity index is 2.03. The van der Waals surface area contributed by atoms with Gasteiger partial charge in [-0.3, -0.25) is 9.78 Å². The summed E-state index contributed by atoms with van der Waals surface area (Å²) in [6.45, 7) is 0. The topological polar surface area (TPSA) is 92.2 Å². The third-order valence-corrected chi connectivity index (χ3v) is 2.33. The molecule has 0 aromatic carbocycles. The van der Waals surface area contributed by atoms with Gasteiger partial charge in [-0.2, -0.15) is 0 Å². The number of carbonyl (C=O) groups excluding carboxylic acids is 1. The highest BCUT2D eigenvalue weighted by Gasteiger charge is 2.06. The molecular weight excluding hydrogens is 258 g/mol. The fourth-order valence-electron chi connectivity index (χ4n) is 1.44. The molecule has 20 heavy (non-hydrogen) atoms. The summed E-state index contributed by atoms with van der Waals surface area (Å²) in [7, 11) is 0. The van der Waals surface area contributed by atoms with Crippen LogP contribution in [-0.4, -0.2) is 27.0 Å². The molecule has 0 saturated heterocycles. The third kappa shape index (κ3) is 3.74. The second-order valence-electron chi connectivity index (χ2n) is 3.82. The Labute approximate surface area is 114 Å². The first-order valence-corrected chi connectivity index (χ1v) is 5.74. The molecule has 0 bridgehead atoms. The van der Waals surface area contributed by atoms with Crippen molar-refractivity contribution >= 4 is 23.8 Å². The highest BCUT2D eigenvalue weighted by Crippen LogP contribution is 2.05. The quantitative estimate of drug-likeness (QED) is 0.826. The minimum atomic E-state index is -1.15. The van der Waals surface area contributed by atoms with Crippen LogP contribution in [-0.2, 0) is 4.79 Å². The number of aromatic carboxylic acids is 1. The van der Waals surface area contributed by atoms with E-state index in [-0.39, 0.29) is 11.5 Å². The molecule has 0 fully saturated rings. The zero-order valence-electron chi connectivity index (χ0n) is 10.4. The number of nitrogens with one attached hydrogen (secondary N) is 1. The van der Waals surface area contributed by atoms with Crippen LogP contribution in [0.1, 0.15) is 16.1 Å². The Morgan fingerprint density at radius 2 is 2.05 bits per heavy atom. The van der Waals surface area contributed by atoms with Crippen molar-refractivity contribution in [3.63, 3.8) is 0 Å². The van der Waals surface area contributed by atoms with Crippen LogP contribution in [0.3, 0.4) is 0 Å². The lowest BCUT2D eigenvalue weighted by molar-refractivity contribution is -0.111. The molecule has 2 rings (SSSR count). The number of anilines is 1. The summed E-state index contributed by atoms with van der Waals surface area (Å²) < 4.78 is 0. The average molecular weight is 269 g/mol. The summed E-state index contributed by atoms with van der Waals surface area (Å²) >= 11 is 0. The van der Waals surface area contributed by atoms with Crippen LogP contribution in [0, 0.1) is 0 Å². The van der Waals surface area contributed by atoms with Gasteiger partial charge in [-0.25, -0.2) is 9.78 Å². The minimum absolute atomic E-state index is 0.126. The third-order valence-electron chi connectivity index (χ3n) is 2.33. The van der Waals surface area contributed by atoms with E-state index in [4.69, 9.17) is 5.11 Å². The molecular formula is C14H11N3O3. The van der Waals surface area contributed by atoms with Gasteiger partial charge in [-0.1, -0.05) is 12.1 Å². The first kappa shape index (κ1) is 13.4. The number of nitrogens with zero attached hydrogens (tertiary/aromatic N) is 2. The van der Waals surface area contributed by atoms with Crippen molar-refractivity contribution in [1.29, 1.82) is 0 Å². The zero-order chi connectivity index (χ0) is 14.4. The van der Waals surface area contributed by atoms with Crippen molar-refractivity contribution in [3.8, 4) is 0 Å². The molecule has 100 valence electrons. The van der Waals surface area contributed by atoms with E-state index >= 15 is 0 Å². The fraction of sp³-hybridized carbons (Fsp3) is 0. The first-order valence-electron chi connectivity index (χ1n) is 5.74. The highest BCUT2D eigenvalue weighted by molar-refractivity contribution is 6.01. The molecule has 2 aromatic rings. The number of pyridine rings is 2. The largest absolute Gasteiger partial charge is 0.477 e. The van der Waals surface area contributed by atoms with Gasteiger partial charge in [-0.15, -0.1) is 0 Å². The standard InChI is InChI=1S/C14H11N3O3/c18-13(7-6-10-3-2-8-15-9-10)17-12-5-1-4-11(16-12)14(19)20/h1-9H,(H,19,20)(H,16,17,18). The Kier molecular flexibility index (Phi) is 4.18. The smallest absolute Gasteiger partial charge is 0.354 e. The molecule has 6 heteroatoms. The van der Waals surface area contributed by atoms with Crippen LogP contribution in [0.15, 0.2) is 48.8 Å². The number of aromatic nitrogens is 2. The molecule has 0 atom stereocenters. The molecule has 0 unspecified atom stereocenters. The van der Waals surface area contributed by atoms with Crippen molar-refractivity contribution in [2.75, 3.05) is 5.32 Å². The molecule has 0 radical (unpaired) electrons. The van der Waals surface area contributed by atoms with Crippen LogP contribution < -0.4 is 5.32 Å². The molecule has 6 nitrogen and oxygen atoms in total. The number of carboxylic acid groups (broad SMARTS) is 1.